The van der Waals surface area contributed by atoms with Gasteiger partial charge in [0, 0.05) is 52.4 Å². The number of phenols is 1. The number of phenolic OH excluding ortho intramolecular Hbond substituents is 1. The average molecular weight is 709 g/mol. The van der Waals surface area contributed by atoms with Crippen molar-refractivity contribution in [2.75, 3.05) is 23.9 Å². The Hall–Kier alpha value is -3.69. The molecule has 6 rings (SSSR count). The summed E-state index contributed by atoms with van der Waals surface area (Å²) in [5.41, 5.74) is 8.72. The molecule has 5 aromatic rings. The second-order valence-corrected chi connectivity index (χ2v) is 11.3. The number of hydrogen-bond acceptors (Lipinski definition) is 5. The molecule has 3 heterocycles. The summed E-state index contributed by atoms with van der Waals surface area (Å²) < 4.78 is 0. The topological polar surface area (TPSA) is 52.5 Å². The van der Waals surface area contributed by atoms with Gasteiger partial charge in [-0.15, -0.1) is 17.7 Å². The fraction of sp³-hybridized carbons (Fsp3) is 0.235. The van der Waals surface area contributed by atoms with Crippen LogP contribution in [0.5, 0.6) is 5.75 Å². The van der Waals surface area contributed by atoms with E-state index in [0.29, 0.717) is 11.4 Å². The monoisotopic (exact) mass is 708 g/mol. The summed E-state index contributed by atoms with van der Waals surface area (Å²) in [7, 11) is 4.16. The Balaban J connectivity index is 0.00000323. The molecule has 3 aromatic carbocycles. The van der Waals surface area contributed by atoms with Crippen LogP contribution < -0.4 is 9.80 Å². The molecule has 6 heteroatoms. The summed E-state index contributed by atoms with van der Waals surface area (Å²) in [6, 6.07) is 28.3. The van der Waals surface area contributed by atoms with Gasteiger partial charge in [-0.1, -0.05) is 75.7 Å². The molecule has 2 aromatic heterocycles. The Morgan fingerprint density at radius 2 is 1.70 bits per heavy atom. The van der Waals surface area contributed by atoms with E-state index in [9.17, 15) is 5.11 Å². The van der Waals surface area contributed by atoms with Gasteiger partial charge in [0.2, 0.25) is 0 Å². The van der Waals surface area contributed by atoms with Crippen molar-refractivity contribution in [3.8, 4) is 17.0 Å². The molecule has 1 aliphatic rings. The standard InChI is InChI=1S/C34H33N4O.Pt/c1-21(2)23-15-17-30(39)33-24(23)14-16-26(36-33)22-19-28(37(5)6)32-29(20-22)38(31-13-9-10-18-35-31)27-12-8-7-11-25(27)34(32,3)4;/h7-19,21,39H,1-6H3;/q-1;. The first-order valence-electron chi connectivity index (χ1n) is 13.4. The molecule has 0 saturated heterocycles. The van der Waals surface area contributed by atoms with Crippen molar-refractivity contribution in [3.05, 3.63) is 102 Å². The maximum absolute atomic E-state index is 10.8. The molecule has 0 amide bonds. The number of fused-ring (bicyclic) bond motifs is 3. The molecule has 1 N–H and O–H groups in total. The maximum Gasteiger partial charge on any atom is 0.140 e. The third kappa shape index (κ3) is 4.37. The first kappa shape index (κ1) is 27.9. The molecule has 1 aliphatic heterocycles. The summed E-state index contributed by atoms with van der Waals surface area (Å²) in [6.07, 6.45) is 1.83. The average Bonchev–Trinajstić information content (AvgIpc) is 2.93. The molecule has 0 saturated carbocycles. The SMILES string of the molecule is CC(C)c1ccc(O)c2nc(-c3[c-]c4c(c(N(C)C)c3)C(C)(C)c3ccccc3N4c3ccccn3)ccc12.[Pt]. The van der Waals surface area contributed by atoms with Crippen LogP contribution in [0.2, 0.25) is 0 Å². The van der Waals surface area contributed by atoms with E-state index in [1.54, 1.807) is 6.07 Å². The molecule has 5 nitrogen and oxygen atoms in total. The number of nitrogens with zero attached hydrogens (tertiary/aromatic N) is 4. The van der Waals surface area contributed by atoms with Crippen LogP contribution in [-0.2, 0) is 26.5 Å². The Labute approximate surface area is 250 Å². The van der Waals surface area contributed by atoms with E-state index >= 15 is 0 Å². The van der Waals surface area contributed by atoms with Crippen molar-refractivity contribution >= 4 is 33.8 Å². The van der Waals surface area contributed by atoms with Crippen LogP contribution in [0.25, 0.3) is 22.2 Å². The van der Waals surface area contributed by atoms with Crippen molar-refractivity contribution in [1.29, 1.82) is 0 Å². The van der Waals surface area contributed by atoms with Crippen LogP contribution >= 0.6 is 0 Å². The minimum atomic E-state index is -0.271. The van der Waals surface area contributed by atoms with Gasteiger partial charge in [-0.25, -0.2) is 4.98 Å². The van der Waals surface area contributed by atoms with Crippen LogP contribution in [0.3, 0.4) is 0 Å². The fourth-order valence-corrected chi connectivity index (χ4v) is 5.89. The van der Waals surface area contributed by atoms with E-state index in [-0.39, 0.29) is 32.2 Å². The van der Waals surface area contributed by atoms with Crippen LogP contribution in [0.15, 0.2) is 79.0 Å². The van der Waals surface area contributed by atoms with E-state index in [4.69, 9.17) is 9.97 Å². The Morgan fingerprint density at radius 1 is 0.950 bits per heavy atom. The van der Waals surface area contributed by atoms with Gasteiger partial charge in [0.05, 0.1) is 0 Å². The zero-order chi connectivity index (χ0) is 27.5. The molecule has 40 heavy (non-hydrogen) atoms. The first-order valence-corrected chi connectivity index (χ1v) is 13.4. The van der Waals surface area contributed by atoms with Crippen molar-refractivity contribution in [2.45, 2.75) is 39.0 Å². The number of benzene rings is 3. The van der Waals surface area contributed by atoms with Crippen LogP contribution in [-0.4, -0.2) is 29.2 Å². The predicted molar refractivity (Wildman–Crippen MR) is 161 cm³/mol. The summed E-state index contributed by atoms with van der Waals surface area (Å²) in [5.74, 6) is 1.35. The van der Waals surface area contributed by atoms with Gasteiger partial charge in [0.25, 0.3) is 0 Å². The van der Waals surface area contributed by atoms with E-state index in [1.165, 1.54) is 16.7 Å². The number of rotatable bonds is 4. The Kier molecular flexibility index (Phi) is 7.22. The summed E-state index contributed by atoms with van der Waals surface area (Å²) in [5, 5.41) is 11.7. The molecule has 206 valence electrons. The number of hydrogen-bond donors (Lipinski definition) is 1. The molecule has 0 radical (unpaired) electrons. The molecule has 0 bridgehead atoms. The molecule has 0 aliphatic carbocycles. The van der Waals surface area contributed by atoms with Crippen molar-refractivity contribution in [3.63, 3.8) is 0 Å². The molecular weight excluding hydrogens is 675 g/mol. The van der Waals surface area contributed by atoms with Gasteiger partial charge >= 0.3 is 0 Å². The fourth-order valence-electron chi connectivity index (χ4n) is 5.89. The number of para-hydroxylation sites is 1. The summed E-state index contributed by atoms with van der Waals surface area (Å²) in [4.78, 5) is 14.1. The molecule has 0 spiro atoms. The quantitative estimate of drug-likeness (QED) is 0.191. The molecule has 0 unspecified atom stereocenters. The minimum Gasteiger partial charge on any atom is -0.506 e. The summed E-state index contributed by atoms with van der Waals surface area (Å²) >= 11 is 0. The predicted octanol–water partition coefficient (Wildman–Crippen LogP) is 8.10. The van der Waals surface area contributed by atoms with Crippen LogP contribution in [0.1, 0.15) is 50.3 Å². The van der Waals surface area contributed by atoms with Gasteiger partial charge < -0.3 is 14.9 Å². The van der Waals surface area contributed by atoms with Crippen molar-refractivity contribution < 1.29 is 26.2 Å². The van der Waals surface area contributed by atoms with Gasteiger partial charge in [-0.3, -0.25) is 4.98 Å². The third-order valence-corrected chi connectivity index (χ3v) is 7.82. The first-order chi connectivity index (χ1) is 18.7. The maximum atomic E-state index is 10.8. The second kappa shape index (κ2) is 10.4. The Bertz CT molecular complexity index is 1710. The zero-order valence-electron chi connectivity index (χ0n) is 23.6. The van der Waals surface area contributed by atoms with E-state index < -0.39 is 0 Å². The zero-order valence-corrected chi connectivity index (χ0v) is 25.9. The summed E-state index contributed by atoms with van der Waals surface area (Å²) in [6.45, 7) is 8.87. The second-order valence-electron chi connectivity index (χ2n) is 11.3. The number of pyridine rings is 2. The molecule has 0 fully saturated rings. The number of aromatic nitrogens is 2. The normalized spacial score (nSPS) is 13.5. The van der Waals surface area contributed by atoms with Crippen molar-refractivity contribution in [1.82, 2.24) is 9.97 Å². The molecular formula is C34H33N4OPt-. The number of aromatic hydroxyl groups is 1. The Morgan fingerprint density at radius 3 is 2.40 bits per heavy atom. The van der Waals surface area contributed by atoms with Gasteiger partial charge in [0.15, 0.2) is 0 Å². The van der Waals surface area contributed by atoms with Crippen LogP contribution in [0, 0.1) is 6.07 Å². The number of anilines is 4. The van der Waals surface area contributed by atoms with Crippen LogP contribution in [0.4, 0.5) is 22.9 Å². The smallest absolute Gasteiger partial charge is 0.140 e. The van der Waals surface area contributed by atoms with E-state index in [1.807, 2.05) is 36.5 Å². The largest absolute Gasteiger partial charge is 0.506 e. The van der Waals surface area contributed by atoms with Gasteiger partial charge in [-0.2, -0.15) is 0 Å². The molecule has 0 atom stereocenters. The van der Waals surface area contributed by atoms with E-state index in [0.717, 1.165) is 39.5 Å². The third-order valence-electron chi connectivity index (χ3n) is 7.82. The van der Waals surface area contributed by atoms with Gasteiger partial charge in [0.1, 0.15) is 17.1 Å². The van der Waals surface area contributed by atoms with Gasteiger partial charge in [-0.05, 0) is 63.8 Å². The minimum absolute atomic E-state index is 0. The van der Waals surface area contributed by atoms with E-state index in [2.05, 4.69) is 94.1 Å². The van der Waals surface area contributed by atoms with Crippen molar-refractivity contribution in [2.24, 2.45) is 0 Å².